The van der Waals surface area contributed by atoms with Crippen molar-refractivity contribution in [2.75, 3.05) is 6.61 Å². The summed E-state index contributed by atoms with van der Waals surface area (Å²) >= 11 is 5.93. The zero-order valence-corrected chi connectivity index (χ0v) is 16.5. The predicted octanol–water partition coefficient (Wildman–Crippen LogP) is 6.84. The molecule has 1 aliphatic carbocycles. The van der Waals surface area contributed by atoms with Gasteiger partial charge in [-0.05, 0) is 37.5 Å². The largest absolute Gasteiger partial charge is 0.497 e. The number of Topliss-reactive ketones (excluding diaryl/α,β-unsaturated/α-hetero) is 1. The summed E-state index contributed by atoms with van der Waals surface area (Å²) in [6.45, 7) is -0.278. The van der Waals surface area contributed by atoms with Gasteiger partial charge in [0.1, 0.15) is 5.76 Å². The van der Waals surface area contributed by atoms with Crippen LogP contribution < -0.4 is 0 Å². The van der Waals surface area contributed by atoms with Gasteiger partial charge in [0.05, 0.1) is 24.2 Å². The van der Waals surface area contributed by atoms with E-state index in [9.17, 15) is 35.5 Å². The maximum atomic E-state index is 13.6. The number of benzene rings is 1. The van der Waals surface area contributed by atoms with E-state index in [-0.39, 0.29) is 31.0 Å². The second kappa shape index (κ2) is 8.29. The number of pyridine rings is 1. The summed E-state index contributed by atoms with van der Waals surface area (Å²) in [5, 5.41) is 1.16. The van der Waals surface area contributed by atoms with Crippen LogP contribution >= 0.6 is 11.6 Å². The van der Waals surface area contributed by atoms with E-state index in [1.807, 2.05) is 0 Å². The molecular weight excluding hydrogens is 455 g/mol. The molecule has 0 amide bonds. The highest BCUT2D eigenvalue weighted by atomic mass is 35.5. The zero-order chi connectivity index (χ0) is 23.0. The van der Waals surface area contributed by atoms with Crippen LogP contribution in [0.25, 0.3) is 17.0 Å². The minimum Gasteiger partial charge on any atom is -0.497 e. The van der Waals surface area contributed by atoms with E-state index in [4.69, 9.17) is 16.3 Å². The molecule has 0 spiro atoms. The van der Waals surface area contributed by atoms with Crippen molar-refractivity contribution in [2.45, 2.75) is 43.7 Å². The molecular formula is C20H15ClF7NO2. The molecule has 0 N–H and O–H groups in total. The standard InChI is InChI=1S/C20H15ClF7NO2/c21-12-4-3-11-7-14-16(29-15(11)8-12)9-13(10-17(14)30)31-6-2-1-5-18(22,19(23,24)25)20(26,27)28/h3-4,7-9H,1-2,5-6,10H2. The molecule has 0 bridgehead atoms. The number of nitrogens with zero attached hydrogens (tertiary/aromatic N) is 1. The number of aromatic nitrogens is 1. The number of ketones is 1. The summed E-state index contributed by atoms with van der Waals surface area (Å²) in [5.74, 6) is -0.127. The van der Waals surface area contributed by atoms with Gasteiger partial charge in [-0.15, -0.1) is 0 Å². The second-order valence-corrected chi connectivity index (χ2v) is 7.51. The van der Waals surface area contributed by atoms with E-state index < -0.39 is 30.9 Å². The summed E-state index contributed by atoms with van der Waals surface area (Å²) in [6.07, 6.45) is -13.5. The number of ether oxygens (including phenoxy) is 1. The molecule has 3 nitrogen and oxygen atoms in total. The Morgan fingerprint density at radius 2 is 1.68 bits per heavy atom. The fourth-order valence-electron chi connectivity index (χ4n) is 3.16. The van der Waals surface area contributed by atoms with Gasteiger partial charge in [0.15, 0.2) is 5.78 Å². The van der Waals surface area contributed by atoms with Crippen LogP contribution in [0.15, 0.2) is 30.0 Å². The molecule has 0 radical (unpaired) electrons. The first kappa shape index (κ1) is 23.3. The SMILES string of the molecule is O=C1CC(OCCCCC(F)(C(F)(F)F)C(F)(F)F)=Cc2nc3cc(Cl)ccc3cc21. The van der Waals surface area contributed by atoms with Crippen LogP contribution in [0.3, 0.4) is 0 Å². The average Bonchev–Trinajstić information content (AvgIpc) is 2.64. The molecule has 1 aliphatic rings. The Bertz CT molecular complexity index is 1020. The number of hydrogen-bond donors (Lipinski definition) is 0. The van der Waals surface area contributed by atoms with E-state index in [1.54, 1.807) is 24.3 Å². The van der Waals surface area contributed by atoms with E-state index in [0.29, 0.717) is 27.2 Å². The van der Waals surface area contributed by atoms with Crippen LogP contribution in [0.1, 0.15) is 41.7 Å². The van der Waals surface area contributed by atoms with Gasteiger partial charge >= 0.3 is 12.4 Å². The number of allylic oxidation sites excluding steroid dienone is 1. The number of carbonyl (C=O) groups excluding carboxylic acids is 1. The fourth-order valence-corrected chi connectivity index (χ4v) is 3.32. The third-order valence-electron chi connectivity index (χ3n) is 4.84. The number of alkyl halides is 7. The van der Waals surface area contributed by atoms with E-state index in [1.165, 1.54) is 6.08 Å². The van der Waals surface area contributed by atoms with E-state index in [2.05, 4.69) is 4.98 Å². The summed E-state index contributed by atoms with van der Waals surface area (Å²) in [4.78, 5) is 16.7. The maximum absolute atomic E-state index is 13.6. The summed E-state index contributed by atoms with van der Waals surface area (Å²) in [6, 6.07) is 6.62. The number of halogens is 8. The number of rotatable bonds is 6. The average molecular weight is 470 g/mol. The van der Waals surface area contributed by atoms with Crippen molar-refractivity contribution in [1.29, 1.82) is 0 Å². The third kappa shape index (κ3) is 4.78. The van der Waals surface area contributed by atoms with Crippen LogP contribution in [0.5, 0.6) is 0 Å². The van der Waals surface area contributed by atoms with Crippen LogP contribution in [0.2, 0.25) is 5.02 Å². The van der Waals surface area contributed by atoms with Crippen molar-refractivity contribution in [3.63, 3.8) is 0 Å². The first-order chi connectivity index (χ1) is 14.3. The lowest BCUT2D eigenvalue weighted by Gasteiger charge is -2.29. The lowest BCUT2D eigenvalue weighted by atomic mass is 9.97. The number of fused-ring (bicyclic) bond motifs is 2. The Balaban J connectivity index is 1.64. The maximum Gasteiger partial charge on any atom is 0.431 e. The highest BCUT2D eigenvalue weighted by Gasteiger charge is 2.71. The van der Waals surface area contributed by atoms with Gasteiger partial charge in [-0.1, -0.05) is 17.7 Å². The zero-order valence-electron chi connectivity index (χ0n) is 15.7. The molecule has 1 aromatic carbocycles. The molecule has 0 atom stereocenters. The number of hydrogen-bond acceptors (Lipinski definition) is 3. The fraction of sp³-hybridized carbons (Fsp3) is 0.400. The lowest BCUT2D eigenvalue weighted by molar-refractivity contribution is -0.343. The Morgan fingerprint density at radius 1 is 1.00 bits per heavy atom. The minimum atomic E-state index is -6.06. The lowest BCUT2D eigenvalue weighted by Crippen LogP contribution is -2.53. The molecule has 0 fully saturated rings. The Labute approximate surface area is 176 Å². The Morgan fingerprint density at radius 3 is 2.32 bits per heavy atom. The van der Waals surface area contributed by atoms with Crippen molar-refractivity contribution in [1.82, 2.24) is 4.98 Å². The molecule has 3 rings (SSSR count). The summed E-state index contributed by atoms with van der Waals surface area (Å²) in [7, 11) is 0. The minimum absolute atomic E-state index is 0.133. The number of unbranched alkanes of at least 4 members (excludes halogenated alkanes) is 1. The van der Waals surface area contributed by atoms with Crippen LogP contribution in [0.4, 0.5) is 30.7 Å². The molecule has 0 aliphatic heterocycles. The van der Waals surface area contributed by atoms with Crippen LogP contribution in [-0.2, 0) is 4.74 Å². The monoisotopic (exact) mass is 469 g/mol. The molecule has 0 saturated carbocycles. The molecule has 31 heavy (non-hydrogen) atoms. The first-order valence-corrected chi connectivity index (χ1v) is 9.49. The molecule has 2 aromatic rings. The highest BCUT2D eigenvalue weighted by molar-refractivity contribution is 6.31. The van der Waals surface area contributed by atoms with Gasteiger partial charge in [0.25, 0.3) is 5.67 Å². The van der Waals surface area contributed by atoms with Crippen molar-refractivity contribution in [3.8, 4) is 0 Å². The molecule has 168 valence electrons. The molecule has 0 saturated heterocycles. The third-order valence-corrected chi connectivity index (χ3v) is 5.08. The summed E-state index contributed by atoms with van der Waals surface area (Å²) < 4.78 is 94.1. The van der Waals surface area contributed by atoms with Crippen molar-refractivity contribution in [3.05, 3.63) is 46.3 Å². The summed E-state index contributed by atoms with van der Waals surface area (Å²) in [5.41, 5.74) is -4.06. The second-order valence-electron chi connectivity index (χ2n) is 7.07. The van der Waals surface area contributed by atoms with Crippen LogP contribution in [-0.4, -0.2) is 35.4 Å². The van der Waals surface area contributed by atoms with Gasteiger partial charge in [-0.2, -0.15) is 26.3 Å². The molecule has 0 unspecified atom stereocenters. The van der Waals surface area contributed by atoms with Crippen molar-refractivity contribution < 1.29 is 40.3 Å². The topological polar surface area (TPSA) is 39.2 Å². The quantitative estimate of drug-likeness (QED) is 0.343. The Kier molecular flexibility index (Phi) is 6.23. The van der Waals surface area contributed by atoms with Gasteiger partial charge in [-0.25, -0.2) is 9.37 Å². The van der Waals surface area contributed by atoms with Crippen molar-refractivity contribution in [2.24, 2.45) is 0 Å². The smallest absolute Gasteiger partial charge is 0.431 e. The first-order valence-electron chi connectivity index (χ1n) is 9.11. The van der Waals surface area contributed by atoms with Gasteiger partial charge < -0.3 is 4.74 Å². The van der Waals surface area contributed by atoms with E-state index in [0.717, 1.165) is 0 Å². The normalized spacial score (nSPS) is 15.1. The molecule has 1 heterocycles. The molecule has 11 heteroatoms. The van der Waals surface area contributed by atoms with Crippen molar-refractivity contribution >= 4 is 34.4 Å². The van der Waals surface area contributed by atoms with Crippen LogP contribution in [0, 0.1) is 0 Å². The van der Waals surface area contributed by atoms with Gasteiger partial charge in [0.2, 0.25) is 0 Å². The predicted molar refractivity (Wildman–Crippen MR) is 99.4 cm³/mol. The highest BCUT2D eigenvalue weighted by Crippen LogP contribution is 2.49. The van der Waals surface area contributed by atoms with Gasteiger partial charge in [-0.3, -0.25) is 4.79 Å². The van der Waals surface area contributed by atoms with Gasteiger partial charge in [0, 0.05) is 22.0 Å². The number of carbonyl (C=O) groups is 1. The molecule has 1 aromatic heterocycles. The van der Waals surface area contributed by atoms with E-state index >= 15 is 0 Å². The Hall–Kier alpha value is -2.36.